The first-order valence-electron chi connectivity index (χ1n) is 5.02. The van der Waals surface area contributed by atoms with E-state index in [4.69, 9.17) is 5.73 Å². The van der Waals surface area contributed by atoms with Gasteiger partial charge in [-0.1, -0.05) is 0 Å². The lowest BCUT2D eigenvalue weighted by Gasteiger charge is -2.08. The second-order valence-corrected chi connectivity index (χ2v) is 6.21. The standard InChI is InChI=1S/C10H11BrN4O2S/c11-7-4-9(10(12)14-5-7)18(16,17)15-6-8-2-1-3-13-8/h1-5,13,15H,6H2,(H2,12,14). The van der Waals surface area contributed by atoms with E-state index in [2.05, 4.69) is 30.6 Å². The fourth-order valence-electron chi connectivity index (χ4n) is 1.37. The predicted octanol–water partition coefficient (Wildman–Crippen LogP) is 1.23. The Hall–Kier alpha value is -1.38. The van der Waals surface area contributed by atoms with Crippen LogP contribution in [0.1, 0.15) is 5.69 Å². The van der Waals surface area contributed by atoms with Crippen LogP contribution in [-0.2, 0) is 16.6 Å². The predicted molar refractivity (Wildman–Crippen MR) is 71.2 cm³/mol. The Morgan fingerprint density at radius 1 is 1.50 bits per heavy atom. The molecule has 96 valence electrons. The molecule has 4 N–H and O–H groups in total. The van der Waals surface area contributed by atoms with E-state index < -0.39 is 10.0 Å². The second kappa shape index (κ2) is 5.09. The number of nitrogens with one attached hydrogen (secondary N) is 2. The van der Waals surface area contributed by atoms with Gasteiger partial charge in [-0.15, -0.1) is 0 Å². The van der Waals surface area contributed by atoms with Crippen molar-refractivity contribution in [2.24, 2.45) is 0 Å². The Morgan fingerprint density at radius 3 is 2.94 bits per heavy atom. The number of aromatic amines is 1. The number of anilines is 1. The average Bonchev–Trinajstić information content (AvgIpc) is 2.83. The molecule has 18 heavy (non-hydrogen) atoms. The zero-order valence-electron chi connectivity index (χ0n) is 9.22. The molecule has 0 saturated heterocycles. The molecular formula is C10H11BrN4O2S. The molecular weight excluding hydrogens is 320 g/mol. The molecule has 6 nitrogen and oxygen atoms in total. The highest BCUT2D eigenvalue weighted by molar-refractivity contribution is 9.10. The Kier molecular flexibility index (Phi) is 3.69. The van der Waals surface area contributed by atoms with Gasteiger partial charge in [-0.05, 0) is 34.1 Å². The number of rotatable bonds is 4. The summed E-state index contributed by atoms with van der Waals surface area (Å²) in [6, 6.07) is 4.99. The number of hydrogen-bond donors (Lipinski definition) is 3. The summed E-state index contributed by atoms with van der Waals surface area (Å²) in [7, 11) is -3.68. The maximum Gasteiger partial charge on any atom is 0.244 e. The van der Waals surface area contributed by atoms with Crippen LogP contribution in [0.4, 0.5) is 5.82 Å². The number of sulfonamides is 1. The van der Waals surface area contributed by atoms with Gasteiger partial charge >= 0.3 is 0 Å². The number of nitrogens with two attached hydrogens (primary N) is 1. The molecule has 0 radical (unpaired) electrons. The molecule has 0 bridgehead atoms. The largest absolute Gasteiger partial charge is 0.383 e. The van der Waals surface area contributed by atoms with Crippen molar-refractivity contribution in [1.29, 1.82) is 0 Å². The molecule has 0 aliphatic carbocycles. The molecule has 2 rings (SSSR count). The molecule has 2 aromatic rings. The first-order valence-corrected chi connectivity index (χ1v) is 7.29. The van der Waals surface area contributed by atoms with Gasteiger partial charge in [-0.2, -0.15) is 0 Å². The fourth-order valence-corrected chi connectivity index (χ4v) is 2.97. The third-order valence-electron chi connectivity index (χ3n) is 2.25. The van der Waals surface area contributed by atoms with E-state index in [-0.39, 0.29) is 17.3 Å². The van der Waals surface area contributed by atoms with Crippen LogP contribution < -0.4 is 10.5 Å². The van der Waals surface area contributed by atoms with Crippen molar-refractivity contribution in [3.05, 3.63) is 40.8 Å². The molecule has 2 heterocycles. The van der Waals surface area contributed by atoms with Crippen LogP contribution in [0.2, 0.25) is 0 Å². The minimum Gasteiger partial charge on any atom is -0.383 e. The molecule has 0 aliphatic rings. The van der Waals surface area contributed by atoms with Gasteiger partial charge < -0.3 is 10.7 Å². The molecule has 8 heteroatoms. The van der Waals surface area contributed by atoms with Crippen LogP contribution in [0.5, 0.6) is 0 Å². The highest BCUT2D eigenvalue weighted by Crippen LogP contribution is 2.20. The summed E-state index contributed by atoms with van der Waals surface area (Å²) >= 11 is 3.16. The van der Waals surface area contributed by atoms with Gasteiger partial charge in [0.15, 0.2) is 0 Å². The van der Waals surface area contributed by atoms with Crippen LogP contribution in [0, 0.1) is 0 Å². The van der Waals surface area contributed by atoms with Crippen LogP contribution in [0.3, 0.4) is 0 Å². The SMILES string of the molecule is Nc1ncc(Br)cc1S(=O)(=O)NCc1ccc[nH]1. The van der Waals surface area contributed by atoms with Crippen molar-refractivity contribution in [2.75, 3.05) is 5.73 Å². The second-order valence-electron chi connectivity index (χ2n) is 3.56. The molecule has 0 saturated carbocycles. The van der Waals surface area contributed by atoms with E-state index in [0.29, 0.717) is 4.47 Å². The number of nitrogens with zero attached hydrogens (tertiary/aromatic N) is 1. The third-order valence-corrected chi connectivity index (χ3v) is 4.12. The minimum atomic E-state index is -3.68. The summed E-state index contributed by atoms with van der Waals surface area (Å²) in [5, 5.41) is 0. The third kappa shape index (κ3) is 2.89. The molecule has 0 amide bonds. The summed E-state index contributed by atoms with van der Waals surface area (Å²) in [4.78, 5) is 6.66. The maximum atomic E-state index is 12.0. The average molecular weight is 331 g/mol. The quantitative estimate of drug-likeness (QED) is 0.784. The highest BCUT2D eigenvalue weighted by Gasteiger charge is 2.18. The summed E-state index contributed by atoms with van der Waals surface area (Å²) in [6.45, 7) is 0.168. The van der Waals surface area contributed by atoms with E-state index in [9.17, 15) is 8.42 Å². The van der Waals surface area contributed by atoms with Crippen LogP contribution >= 0.6 is 15.9 Å². The number of halogens is 1. The number of pyridine rings is 1. The van der Waals surface area contributed by atoms with E-state index in [1.54, 1.807) is 18.3 Å². The van der Waals surface area contributed by atoms with Gasteiger partial charge in [-0.25, -0.2) is 18.1 Å². The zero-order chi connectivity index (χ0) is 13.2. The van der Waals surface area contributed by atoms with E-state index >= 15 is 0 Å². The van der Waals surface area contributed by atoms with E-state index in [1.165, 1.54) is 12.3 Å². The normalized spacial score (nSPS) is 11.6. The molecule has 0 atom stereocenters. The molecule has 0 unspecified atom stereocenters. The maximum absolute atomic E-state index is 12.0. The molecule has 0 fully saturated rings. The van der Waals surface area contributed by atoms with Gasteiger partial charge in [0.2, 0.25) is 10.0 Å². The van der Waals surface area contributed by atoms with Gasteiger partial charge in [0.05, 0.1) is 6.54 Å². The van der Waals surface area contributed by atoms with Crippen molar-refractivity contribution in [3.8, 4) is 0 Å². The smallest absolute Gasteiger partial charge is 0.244 e. The lowest BCUT2D eigenvalue weighted by molar-refractivity contribution is 0.580. The lowest BCUT2D eigenvalue weighted by Crippen LogP contribution is -2.24. The van der Waals surface area contributed by atoms with Crippen molar-refractivity contribution in [1.82, 2.24) is 14.7 Å². The number of aromatic nitrogens is 2. The monoisotopic (exact) mass is 330 g/mol. The molecule has 0 spiro atoms. The van der Waals surface area contributed by atoms with E-state index in [1.807, 2.05) is 0 Å². The molecule has 2 aromatic heterocycles. The van der Waals surface area contributed by atoms with Gasteiger partial charge in [0.25, 0.3) is 0 Å². The first kappa shape index (κ1) is 13.1. The van der Waals surface area contributed by atoms with Gasteiger partial charge in [0.1, 0.15) is 10.7 Å². The lowest BCUT2D eigenvalue weighted by atomic mass is 10.4. The highest BCUT2D eigenvalue weighted by atomic mass is 79.9. The van der Waals surface area contributed by atoms with Gasteiger partial charge in [-0.3, -0.25) is 0 Å². The van der Waals surface area contributed by atoms with Crippen molar-refractivity contribution in [2.45, 2.75) is 11.4 Å². The Bertz CT molecular complexity index is 640. The number of nitrogen functional groups attached to an aromatic ring is 1. The topological polar surface area (TPSA) is 101 Å². The summed E-state index contributed by atoms with van der Waals surface area (Å²) < 4.78 is 27.1. The van der Waals surface area contributed by atoms with Crippen LogP contribution in [-0.4, -0.2) is 18.4 Å². The first-order chi connectivity index (χ1) is 8.49. The summed E-state index contributed by atoms with van der Waals surface area (Å²) in [6.07, 6.45) is 3.16. The van der Waals surface area contributed by atoms with Gasteiger partial charge in [0, 0.05) is 22.6 Å². The van der Waals surface area contributed by atoms with Crippen molar-refractivity contribution in [3.63, 3.8) is 0 Å². The zero-order valence-corrected chi connectivity index (χ0v) is 11.6. The Labute approximate surface area is 113 Å². The fraction of sp³-hybridized carbons (Fsp3) is 0.100. The van der Waals surface area contributed by atoms with Crippen LogP contribution in [0.15, 0.2) is 40.0 Å². The van der Waals surface area contributed by atoms with Crippen molar-refractivity contribution < 1.29 is 8.42 Å². The summed E-state index contributed by atoms with van der Waals surface area (Å²) in [5.41, 5.74) is 6.33. The van der Waals surface area contributed by atoms with Crippen LogP contribution in [0.25, 0.3) is 0 Å². The summed E-state index contributed by atoms with van der Waals surface area (Å²) in [5.74, 6) is -0.0304. The Balaban J connectivity index is 2.22. The minimum absolute atomic E-state index is 0.0304. The number of H-pyrrole nitrogens is 1. The molecule has 0 aromatic carbocycles. The van der Waals surface area contributed by atoms with E-state index in [0.717, 1.165) is 5.69 Å². The Morgan fingerprint density at radius 2 is 2.28 bits per heavy atom. The molecule has 0 aliphatic heterocycles. The van der Waals surface area contributed by atoms with Crippen molar-refractivity contribution >= 4 is 31.8 Å². The number of hydrogen-bond acceptors (Lipinski definition) is 4.